The van der Waals surface area contributed by atoms with Crippen molar-refractivity contribution >= 4 is 17.8 Å². The highest BCUT2D eigenvalue weighted by molar-refractivity contribution is 5.91. The van der Waals surface area contributed by atoms with E-state index in [9.17, 15) is 19.5 Å². The summed E-state index contributed by atoms with van der Waals surface area (Å²) in [6, 6.07) is 0. The molecule has 0 aromatic rings. The van der Waals surface area contributed by atoms with Crippen LogP contribution in [0.3, 0.4) is 0 Å². The summed E-state index contributed by atoms with van der Waals surface area (Å²) in [7, 11) is 0. The van der Waals surface area contributed by atoms with Crippen molar-refractivity contribution in [1.29, 1.82) is 0 Å². The number of nitrogens with two attached hydrogens (primary N) is 2. The third-order valence-corrected chi connectivity index (χ3v) is 2.33. The number of primary amides is 1. The van der Waals surface area contributed by atoms with Crippen molar-refractivity contribution in [2.75, 3.05) is 0 Å². The first kappa shape index (κ1) is 13.4. The second-order valence-corrected chi connectivity index (χ2v) is 3.55. The van der Waals surface area contributed by atoms with Gasteiger partial charge >= 0.3 is 11.9 Å². The molecule has 0 bridgehead atoms. The van der Waals surface area contributed by atoms with Gasteiger partial charge < -0.3 is 25.4 Å². The number of hydrogen-bond acceptors (Lipinski definition) is 8. The van der Waals surface area contributed by atoms with Crippen molar-refractivity contribution in [1.82, 2.24) is 0 Å². The molecule has 1 heterocycles. The summed E-state index contributed by atoms with van der Waals surface area (Å²) in [6.45, 7) is 1.15. The lowest BCUT2D eigenvalue weighted by atomic mass is 10.1. The van der Waals surface area contributed by atoms with E-state index in [1.807, 2.05) is 0 Å². The topological polar surface area (TPSA) is 162 Å². The van der Waals surface area contributed by atoms with Crippen molar-refractivity contribution in [2.24, 2.45) is 11.5 Å². The number of carbonyl (C=O) groups is 3. The largest absolute Gasteiger partial charge is 0.454 e. The van der Waals surface area contributed by atoms with Crippen LogP contribution in [0.15, 0.2) is 0 Å². The van der Waals surface area contributed by atoms with E-state index in [0.717, 1.165) is 6.92 Å². The summed E-state index contributed by atoms with van der Waals surface area (Å²) in [6.07, 6.45) is -5.71. The molecule has 1 rings (SSSR count). The molecule has 0 radical (unpaired) electrons. The van der Waals surface area contributed by atoms with E-state index in [1.165, 1.54) is 0 Å². The van der Waals surface area contributed by atoms with Gasteiger partial charge in [-0.3, -0.25) is 10.5 Å². The molecule has 3 unspecified atom stereocenters. The molecule has 96 valence electrons. The fourth-order valence-corrected chi connectivity index (χ4v) is 1.15. The molecule has 6 N–H and O–H groups in total. The molecular formula is C8H12N2O7. The average molecular weight is 248 g/mol. The molecule has 1 saturated heterocycles. The zero-order valence-electron chi connectivity index (χ0n) is 8.82. The smallest absolute Gasteiger partial charge is 0.340 e. The Morgan fingerprint density at radius 2 is 1.76 bits per heavy atom. The van der Waals surface area contributed by atoms with Crippen molar-refractivity contribution in [3.8, 4) is 0 Å². The molecule has 0 aliphatic carbocycles. The fourth-order valence-electron chi connectivity index (χ4n) is 1.15. The number of cyclic esters (lactones) is 2. The molecular weight excluding hydrogens is 236 g/mol. The summed E-state index contributed by atoms with van der Waals surface area (Å²) in [5.41, 5.74) is 7.92. The van der Waals surface area contributed by atoms with Gasteiger partial charge in [0, 0.05) is 0 Å². The van der Waals surface area contributed by atoms with Gasteiger partial charge in [-0.25, -0.2) is 9.59 Å². The highest BCUT2D eigenvalue weighted by Crippen LogP contribution is 2.19. The Balaban J connectivity index is 3.11. The summed E-state index contributed by atoms with van der Waals surface area (Å²) in [5, 5.41) is 18.4. The van der Waals surface area contributed by atoms with Crippen LogP contribution in [0.1, 0.15) is 6.92 Å². The van der Waals surface area contributed by atoms with Gasteiger partial charge in [0.1, 0.15) is 0 Å². The van der Waals surface area contributed by atoms with E-state index in [-0.39, 0.29) is 0 Å². The molecule has 17 heavy (non-hydrogen) atoms. The summed E-state index contributed by atoms with van der Waals surface area (Å²) in [5.74, 6) is -4.00. The van der Waals surface area contributed by atoms with Crippen molar-refractivity contribution < 1.29 is 34.1 Å². The van der Waals surface area contributed by atoms with Crippen LogP contribution in [-0.2, 0) is 23.9 Å². The SMILES string of the molecule is CC1OC(=O)C(O)C(O)C(=O)O[C@]1(N)C(N)=O. The third kappa shape index (κ3) is 2.20. The van der Waals surface area contributed by atoms with E-state index >= 15 is 0 Å². The van der Waals surface area contributed by atoms with E-state index in [1.54, 1.807) is 0 Å². The molecule has 0 aromatic heterocycles. The molecule has 1 aliphatic heterocycles. The predicted octanol–water partition coefficient (Wildman–Crippen LogP) is -3.66. The average Bonchev–Trinajstić information content (AvgIpc) is 2.25. The maximum Gasteiger partial charge on any atom is 0.340 e. The van der Waals surface area contributed by atoms with E-state index < -0.39 is 41.9 Å². The zero-order chi connectivity index (χ0) is 13.4. The third-order valence-electron chi connectivity index (χ3n) is 2.33. The number of esters is 2. The Morgan fingerprint density at radius 1 is 1.29 bits per heavy atom. The van der Waals surface area contributed by atoms with Gasteiger partial charge in [-0.1, -0.05) is 0 Å². The standard InChI is InChI=1S/C8H12N2O7/c1-2-8(10,7(9)15)17-6(14)4(12)3(11)5(13)16-2/h2-4,11-12H,10H2,1H3,(H2,9,15)/t2?,3?,4?,8-/m0/s1. The number of aliphatic hydroxyl groups excluding tert-OH is 2. The lowest BCUT2D eigenvalue weighted by Crippen LogP contribution is -2.66. The highest BCUT2D eigenvalue weighted by atomic mass is 16.6. The lowest BCUT2D eigenvalue weighted by molar-refractivity contribution is -0.212. The molecule has 0 saturated carbocycles. The van der Waals surface area contributed by atoms with Gasteiger partial charge in [0.2, 0.25) is 0 Å². The summed E-state index contributed by atoms with van der Waals surface area (Å²) < 4.78 is 9.01. The first-order valence-electron chi connectivity index (χ1n) is 4.58. The number of carbonyl (C=O) groups excluding carboxylic acids is 3. The second-order valence-electron chi connectivity index (χ2n) is 3.55. The van der Waals surface area contributed by atoms with E-state index in [4.69, 9.17) is 16.6 Å². The normalized spacial score (nSPS) is 38.7. The Kier molecular flexibility index (Phi) is 3.36. The van der Waals surface area contributed by atoms with Crippen LogP contribution in [0, 0.1) is 0 Å². The van der Waals surface area contributed by atoms with Crippen molar-refractivity contribution in [2.45, 2.75) is 31.0 Å². The first-order valence-corrected chi connectivity index (χ1v) is 4.58. The van der Waals surface area contributed by atoms with Crippen LogP contribution in [0.5, 0.6) is 0 Å². The lowest BCUT2D eigenvalue weighted by Gasteiger charge is -2.34. The second kappa shape index (κ2) is 4.28. The Labute approximate surface area is 95.3 Å². The first-order chi connectivity index (χ1) is 7.70. The van der Waals surface area contributed by atoms with Gasteiger partial charge in [-0.05, 0) is 6.92 Å². The predicted molar refractivity (Wildman–Crippen MR) is 49.8 cm³/mol. The van der Waals surface area contributed by atoms with Gasteiger partial charge in [-0.2, -0.15) is 0 Å². The minimum absolute atomic E-state index is 1.15. The van der Waals surface area contributed by atoms with Crippen LogP contribution < -0.4 is 11.5 Å². The molecule has 1 amide bonds. The van der Waals surface area contributed by atoms with E-state index in [0.29, 0.717) is 0 Å². The van der Waals surface area contributed by atoms with Crippen LogP contribution in [0.2, 0.25) is 0 Å². The van der Waals surface area contributed by atoms with Crippen LogP contribution in [-0.4, -0.2) is 52.1 Å². The Bertz CT molecular complexity index is 371. The quantitative estimate of drug-likeness (QED) is 0.345. The van der Waals surface area contributed by atoms with Crippen LogP contribution in [0.25, 0.3) is 0 Å². The minimum atomic E-state index is -2.39. The molecule has 9 heteroatoms. The number of amides is 1. The number of hydrogen-bond donors (Lipinski definition) is 4. The fraction of sp³-hybridized carbons (Fsp3) is 0.625. The summed E-state index contributed by atoms with van der Waals surface area (Å²) in [4.78, 5) is 33.5. The number of aliphatic hydroxyl groups is 2. The van der Waals surface area contributed by atoms with E-state index in [2.05, 4.69) is 9.47 Å². The Morgan fingerprint density at radius 3 is 2.24 bits per heavy atom. The molecule has 0 spiro atoms. The Hall–Kier alpha value is -1.71. The number of rotatable bonds is 1. The van der Waals surface area contributed by atoms with Crippen molar-refractivity contribution in [3.63, 3.8) is 0 Å². The van der Waals surface area contributed by atoms with Crippen molar-refractivity contribution in [3.05, 3.63) is 0 Å². The maximum absolute atomic E-state index is 11.3. The maximum atomic E-state index is 11.3. The van der Waals surface area contributed by atoms with Crippen LogP contribution in [0.4, 0.5) is 0 Å². The monoisotopic (exact) mass is 248 g/mol. The molecule has 0 aromatic carbocycles. The van der Waals surface area contributed by atoms with Crippen LogP contribution >= 0.6 is 0 Å². The van der Waals surface area contributed by atoms with Gasteiger partial charge in [-0.15, -0.1) is 0 Å². The highest BCUT2D eigenvalue weighted by Gasteiger charge is 2.50. The molecule has 4 atom stereocenters. The zero-order valence-corrected chi connectivity index (χ0v) is 8.82. The minimum Gasteiger partial charge on any atom is -0.454 e. The summed E-state index contributed by atoms with van der Waals surface area (Å²) >= 11 is 0. The number of ether oxygens (including phenoxy) is 2. The molecule has 1 aliphatic rings. The molecule has 9 nitrogen and oxygen atoms in total. The van der Waals surface area contributed by atoms with Gasteiger partial charge in [0.15, 0.2) is 18.3 Å². The van der Waals surface area contributed by atoms with Gasteiger partial charge in [0.25, 0.3) is 11.6 Å². The molecule has 1 fully saturated rings. The van der Waals surface area contributed by atoms with Gasteiger partial charge in [0.05, 0.1) is 0 Å².